The van der Waals surface area contributed by atoms with Crippen molar-refractivity contribution in [2.75, 3.05) is 11.9 Å². The molecule has 0 atom stereocenters. The van der Waals surface area contributed by atoms with E-state index in [9.17, 15) is 5.26 Å². The summed E-state index contributed by atoms with van der Waals surface area (Å²) in [5.41, 5.74) is 4.38. The molecule has 1 N–H and O–H groups in total. The molecule has 2 heterocycles. The first-order valence-corrected chi connectivity index (χ1v) is 9.18. The summed E-state index contributed by atoms with van der Waals surface area (Å²) in [6, 6.07) is 14.2. The van der Waals surface area contributed by atoms with E-state index in [0.29, 0.717) is 22.6 Å². The molecule has 0 radical (unpaired) electrons. The fourth-order valence-electron chi connectivity index (χ4n) is 3.26. The summed E-state index contributed by atoms with van der Waals surface area (Å²) in [7, 11) is 0. The van der Waals surface area contributed by atoms with Crippen molar-refractivity contribution in [1.29, 1.82) is 5.26 Å². The molecule has 2 aromatic heterocycles. The molecule has 0 saturated carbocycles. The fraction of sp³-hybridized carbons (Fsp3) is 0.190. The number of rotatable bonds is 5. The van der Waals surface area contributed by atoms with E-state index in [1.54, 1.807) is 12.3 Å². The highest BCUT2D eigenvalue weighted by molar-refractivity contribution is 6.35. The molecule has 4 rings (SSSR count). The van der Waals surface area contributed by atoms with Crippen LogP contribution in [0.15, 0.2) is 48.8 Å². The molecule has 134 valence electrons. The van der Waals surface area contributed by atoms with Crippen molar-refractivity contribution >= 4 is 39.1 Å². The van der Waals surface area contributed by atoms with Gasteiger partial charge in [-0.05, 0) is 31.0 Å². The zero-order valence-electron chi connectivity index (χ0n) is 14.9. The van der Waals surface area contributed by atoms with E-state index < -0.39 is 0 Å². The van der Waals surface area contributed by atoms with Crippen LogP contribution in [0.5, 0.6) is 0 Å². The molecule has 0 bridgehead atoms. The Labute approximate surface area is 162 Å². The molecule has 0 spiro atoms. The molecule has 4 aromatic rings. The van der Waals surface area contributed by atoms with Crippen LogP contribution >= 0.6 is 11.6 Å². The third kappa shape index (κ3) is 3.32. The third-order valence-electron chi connectivity index (χ3n) is 4.62. The lowest BCUT2D eigenvalue weighted by atomic mass is 10.1. The second kappa shape index (κ2) is 7.26. The minimum atomic E-state index is 0.518. The van der Waals surface area contributed by atoms with Crippen LogP contribution < -0.4 is 5.32 Å². The van der Waals surface area contributed by atoms with Gasteiger partial charge < -0.3 is 5.32 Å². The van der Waals surface area contributed by atoms with Crippen LogP contribution in [0.1, 0.15) is 17.5 Å². The summed E-state index contributed by atoms with van der Waals surface area (Å²) in [6.07, 6.45) is 4.34. The summed E-state index contributed by atoms with van der Waals surface area (Å²) in [4.78, 5) is 4.31. The number of aromatic nitrogens is 3. The van der Waals surface area contributed by atoms with Gasteiger partial charge in [0.2, 0.25) is 0 Å². The Morgan fingerprint density at radius 2 is 2.11 bits per heavy atom. The van der Waals surface area contributed by atoms with Gasteiger partial charge in [-0.15, -0.1) is 0 Å². The molecule has 27 heavy (non-hydrogen) atoms. The maximum Gasteiger partial charge on any atom is 0.103 e. The van der Waals surface area contributed by atoms with Crippen LogP contribution in [0.2, 0.25) is 5.02 Å². The normalized spacial score (nSPS) is 11.0. The Morgan fingerprint density at radius 3 is 2.96 bits per heavy atom. The van der Waals surface area contributed by atoms with E-state index in [0.717, 1.165) is 34.9 Å². The van der Waals surface area contributed by atoms with Gasteiger partial charge in [-0.3, -0.25) is 9.67 Å². The highest BCUT2D eigenvalue weighted by atomic mass is 35.5. The van der Waals surface area contributed by atoms with Gasteiger partial charge in [0.15, 0.2) is 0 Å². The van der Waals surface area contributed by atoms with Gasteiger partial charge in [0.25, 0.3) is 0 Å². The fourth-order valence-corrected chi connectivity index (χ4v) is 3.49. The average Bonchev–Trinajstić information content (AvgIpc) is 3.07. The van der Waals surface area contributed by atoms with Crippen molar-refractivity contribution in [2.45, 2.75) is 19.9 Å². The quantitative estimate of drug-likeness (QED) is 0.503. The van der Waals surface area contributed by atoms with E-state index in [-0.39, 0.29) is 0 Å². The lowest BCUT2D eigenvalue weighted by Crippen LogP contribution is -2.09. The third-order valence-corrected chi connectivity index (χ3v) is 4.92. The summed E-state index contributed by atoms with van der Waals surface area (Å²) in [5, 5.41) is 19.9. The molecular formula is C21H18ClN5. The van der Waals surface area contributed by atoms with Gasteiger partial charge in [-0.1, -0.05) is 35.9 Å². The van der Waals surface area contributed by atoms with Crippen LogP contribution in [-0.2, 0) is 6.54 Å². The lowest BCUT2D eigenvalue weighted by Gasteiger charge is -2.12. The van der Waals surface area contributed by atoms with Crippen LogP contribution in [0.3, 0.4) is 0 Å². The molecule has 2 aromatic carbocycles. The lowest BCUT2D eigenvalue weighted by molar-refractivity contribution is 0.610. The molecule has 0 fully saturated rings. The summed E-state index contributed by atoms with van der Waals surface area (Å²) >= 11 is 6.24. The highest BCUT2D eigenvalue weighted by Crippen LogP contribution is 2.29. The molecule has 0 amide bonds. The second-order valence-corrected chi connectivity index (χ2v) is 6.91. The van der Waals surface area contributed by atoms with E-state index in [2.05, 4.69) is 46.6 Å². The van der Waals surface area contributed by atoms with Gasteiger partial charge in [-0.2, -0.15) is 10.4 Å². The zero-order chi connectivity index (χ0) is 18.8. The van der Waals surface area contributed by atoms with Crippen LogP contribution in [-0.4, -0.2) is 21.3 Å². The smallest absolute Gasteiger partial charge is 0.103 e. The number of anilines is 1. The number of fused-ring (bicyclic) bond motifs is 2. The van der Waals surface area contributed by atoms with Crippen molar-refractivity contribution in [1.82, 2.24) is 14.8 Å². The van der Waals surface area contributed by atoms with Crippen molar-refractivity contribution < 1.29 is 0 Å². The zero-order valence-corrected chi connectivity index (χ0v) is 15.7. The van der Waals surface area contributed by atoms with Gasteiger partial charge >= 0.3 is 0 Å². The number of nitrogens with one attached hydrogen (secondary N) is 1. The Morgan fingerprint density at radius 1 is 1.22 bits per heavy atom. The van der Waals surface area contributed by atoms with Gasteiger partial charge in [0, 0.05) is 30.1 Å². The molecule has 5 nitrogen and oxygen atoms in total. The first-order valence-electron chi connectivity index (χ1n) is 8.81. The Balaban J connectivity index is 1.51. The number of hydrogen-bond acceptors (Lipinski definition) is 4. The molecule has 0 saturated heterocycles. The van der Waals surface area contributed by atoms with Gasteiger partial charge in [0.1, 0.15) is 6.07 Å². The largest absolute Gasteiger partial charge is 0.383 e. The topological polar surface area (TPSA) is 66.5 Å². The van der Waals surface area contributed by atoms with E-state index in [4.69, 9.17) is 11.6 Å². The number of pyridine rings is 1. The average molecular weight is 376 g/mol. The molecule has 0 aliphatic carbocycles. The minimum absolute atomic E-state index is 0.518. The molecule has 0 aliphatic heterocycles. The number of hydrogen-bond donors (Lipinski definition) is 1. The number of nitrogens with zero attached hydrogens (tertiary/aromatic N) is 4. The maximum atomic E-state index is 9.42. The molecule has 0 unspecified atom stereocenters. The van der Waals surface area contributed by atoms with Crippen LogP contribution in [0, 0.1) is 18.3 Å². The summed E-state index contributed by atoms with van der Waals surface area (Å²) in [6.45, 7) is 3.60. The standard InChI is InChI=1S/C21H18ClN5/c1-14-6-7-15-13-26-27(19(15)10-14)9-3-8-24-20-16(11-23)12-25-21-17(20)4-2-5-18(21)22/h2,4-7,10,12-13H,3,8-9H2,1H3,(H,24,25). The number of halogens is 1. The van der Waals surface area contributed by atoms with E-state index in [1.807, 2.05) is 23.0 Å². The maximum absolute atomic E-state index is 9.42. The van der Waals surface area contributed by atoms with Crippen molar-refractivity contribution in [3.05, 3.63) is 64.9 Å². The predicted molar refractivity (Wildman–Crippen MR) is 109 cm³/mol. The molecule has 6 heteroatoms. The number of para-hydroxylation sites is 1. The number of nitriles is 1. The van der Waals surface area contributed by atoms with Crippen LogP contribution in [0.4, 0.5) is 5.69 Å². The second-order valence-electron chi connectivity index (χ2n) is 6.50. The Kier molecular flexibility index (Phi) is 4.66. The summed E-state index contributed by atoms with van der Waals surface area (Å²) < 4.78 is 2.02. The van der Waals surface area contributed by atoms with Gasteiger partial charge in [-0.25, -0.2) is 0 Å². The Bertz CT molecular complexity index is 1170. The number of aryl methyl sites for hydroxylation is 2. The first-order chi connectivity index (χ1) is 13.2. The summed E-state index contributed by atoms with van der Waals surface area (Å²) in [5.74, 6) is 0. The monoisotopic (exact) mass is 375 g/mol. The van der Waals surface area contributed by atoms with Crippen molar-refractivity contribution in [2.24, 2.45) is 0 Å². The van der Waals surface area contributed by atoms with Gasteiger partial charge in [0.05, 0.1) is 33.5 Å². The van der Waals surface area contributed by atoms with Crippen molar-refractivity contribution in [3.8, 4) is 6.07 Å². The first kappa shape index (κ1) is 17.3. The highest BCUT2D eigenvalue weighted by Gasteiger charge is 2.10. The molecular weight excluding hydrogens is 358 g/mol. The molecule has 0 aliphatic rings. The SMILES string of the molecule is Cc1ccc2cnn(CCCNc3c(C#N)cnc4c(Cl)cccc34)c2c1. The number of benzene rings is 2. The van der Waals surface area contributed by atoms with E-state index in [1.165, 1.54) is 5.56 Å². The van der Waals surface area contributed by atoms with E-state index >= 15 is 0 Å². The minimum Gasteiger partial charge on any atom is -0.383 e. The van der Waals surface area contributed by atoms with Crippen molar-refractivity contribution in [3.63, 3.8) is 0 Å². The predicted octanol–water partition coefficient (Wildman–Crippen LogP) is 4.92. The Hall–Kier alpha value is -3.10. The van der Waals surface area contributed by atoms with Crippen LogP contribution in [0.25, 0.3) is 21.8 Å².